The van der Waals surface area contributed by atoms with Crippen molar-refractivity contribution >= 4 is 35.2 Å². The zero-order chi connectivity index (χ0) is 31.7. The molecule has 0 saturated heterocycles. The maximum absolute atomic E-state index is 14.6. The van der Waals surface area contributed by atoms with Crippen LogP contribution >= 0.6 is 11.6 Å². The lowest BCUT2D eigenvalue weighted by molar-refractivity contribution is -0.140. The fraction of sp³-hybridized carbons (Fsp3) is 0.400. The highest BCUT2D eigenvalue weighted by Crippen LogP contribution is 2.30. The van der Waals surface area contributed by atoms with Gasteiger partial charge in [0.1, 0.15) is 17.7 Å². The smallest absolute Gasteiger partial charge is 0.408 e. The highest BCUT2D eigenvalue weighted by atomic mass is 35.5. The average Bonchev–Trinajstić information content (AvgIpc) is 2.91. The Morgan fingerprint density at radius 1 is 0.930 bits per heavy atom. The van der Waals surface area contributed by atoms with Gasteiger partial charge >= 0.3 is 6.09 Å². The van der Waals surface area contributed by atoms with E-state index in [1.807, 2.05) is 88.4 Å². The summed E-state index contributed by atoms with van der Waals surface area (Å²) in [7, 11) is 0. The first-order chi connectivity index (χ1) is 20.3. The van der Waals surface area contributed by atoms with Crippen LogP contribution in [0.5, 0.6) is 0 Å². The van der Waals surface area contributed by atoms with Crippen LogP contribution < -0.4 is 10.6 Å². The quantitative estimate of drug-likeness (QED) is 0.234. The van der Waals surface area contributed by atoms with Crippen LogP contribution in [0.4, 0.5) is 10.5 Å². The van der Waals surface area contributed by atoms with Gasteiger partial charge in [0.15, 0.2) is 0 Å². The van der Waals surface area contributed by atoms with Crippen LogP contribution in [-0.2, 0) is 20.7 Å². The van der Waals surface area contributed by atoms with Gasteiger partial charge in [-0.1, -0.05) is 96.7 Å². The number of para-hydroxylation sites is 1. The maximum atomic E-state index is 14.6. The van der Waals surface area contributed by atoms with E-state index in [0.29, 0.717) is 29.2 Å². The lowest BCUT2D eigenvalue weighted by Gasteiger charge is -2.35. The monoisotopic (exact) mass is 605 g/mol. The summed E-state index contributed by atoms with van der Waals surface area (Å²) >= 11 is 6.49. The van der Waals surface area contributed by atoms with Crippen LogP contribution in [0.2, 0.25) is 5.02 Å². The van der Waals surface area contributed by atoms with Crippen molar-refractivity contribution in [1.82, 2.24) is 10.2 Å². The third kappa shape index (κ3) is 9.85. The largest absolute Gasteiger partial charge is 0.444 e. The molecule has 0 aliphatic carbocycles. The van der Waals surface area contributed by atoms with E-state index in [1.54, 1.807) is 31.7 Å². The van der Waals surface area contributed by atoms with Crippen LogP contribution in [0.1, 0.15) is 74.4 Å². The number of rotatable bonds is 11. The predicted molar refractivity (Wildman–Crippen MR) is 173 cm³/mol. The number of amides is 3. The van der Waals surface area contributed by atoms with Crippen molar-refractivity contribution < 1.29 is 19.1 Å². The van der Waals surface area contributed by atoms with E-state index in [2.05, 4.69) is 10.6 Å². The number of hydrogen-bond acceptors (Lipinski definition) is 4. The summed E-state index contributed by atoms with van der Waals surface area (Å²) in [5.41, 5.74) is 4.04. The van der Waals surface area contributed by atoms with Crippen molar-refractivity contribution in [3.05, 3.63) is 99.6 Å². The minimum Gasteiger partial charge on any atom is -0.444 e. The molecule has 0 aliphatic rings. The molecule has 230 valence electrons. The van der Waals surface area contributed by atoms with Gasteiger partial charge in [-0.25, -0.2) is 4.79 Å². The summed E-state index contributed by atoms with van der Waals surface area (Å²) in [6.07, 6.45) is 0.996. The lowest BCUT2D eigenvalue weighted by atomic mass is 9.97. The molecule has 2 atom stereocenters. The number of benzene rings is 3. The van der Waals surface area contributed by atoms with Gasteiger partial charge in [-0.2, -0.15) is 0 Å². The minimum atomic E-state index is -0.980. The van der Waals surface area contributed by atoms with E-state index in [9.17, 15) is 14.4 Å². The number of anilines is 1. The number of aryl methyl sites for hydroxylation is 3. The molecule has 43 heavy (non-hydrogen) atoms. The second kappa shape index (κ2) is 15.1. The fourth-order valence-electron chi connectivity index (χ4n) is 5.02. The van der Waals surface area contributed by atoms with E-state index in [-0.39, 0.29) is 18.2 Å². The summed E-state index contributed by atoms with van der Waals surface area (Å²) < 4.78 is 5.53. The van der Waals surface area contributed by atoms with E-state index >= 15 is 0 Å². The standard InChI is InChI=1S/C35H44ClN3O4/c1-8-9-18-39(33(41)29(22-26-15-11-10-12-16-26)37-34(42)43-35(5,6)7)31(27-20-23(2)19-24(3)21-27)32(40)38-30-25(4)14-13-17-28(30)36/h10-17,19-21,29,31H,8-9,18,22H2,1-7H3,(H,37,42)(H,38,40). The molecule has 0 radical (unpaired) electrons. The third-order valence-electron chi connectivity index (χ3n) is 6.90. The van der Waals surface area contributed by atoms with Crippen LogP contribution in [0, 0.1) is 20.8 Å². The molecule has 0 bridgehead atoms. The lowest BCUT2D eigenvalue weighted by Crippen LogP contribution is -2.53. The van der Waals surface area contributed by atoms with Crippen LogP contribution in [0.3, 0.4) is 0 Å². The molecule has 0 heterocycles. The van der Waals surface area contributed by atoms with Crippen molar-refractivity contribution in [1.29, 1.82) is 0 Å². The Balaban J connectivity index is 2.12. The molecule has 7 nitrogen and oxygen atoms in total. The Morgan fingerprint density at radius 2 is 1.58 bits per heavy atom. The molecule has 3 aromatic rings. The Hall–Kier alpha value is -3.84. The first-order valence-corrected chi connectivity index (χ1v) is 15.1. The molecule has 0 spiro atoms. The number of nitrogens with one attached hydrogen (secondary N) is 2. The van der Waals surface area contributed by atoms with E-state index < -0.39 is 23.8 Å². The number of carbonyl (C=O) groups excluding carboxylic acids is 3. The number of halogens is 1. The first kappa shape index (κ1) is 33.7. The molecule has 0 aromatic heterocycles. The van der Waals surface area contributed by atoms with Crippen LogP contribution in [0.15, 0.2) is 66.7 Å². The number of alkyl carbamates (subject to hydrolysis) is 1. The number of hydrogen-bond donors (Lipinski definition) is 2. The predicted octanol–water partition coefficient (Wildman–Crippen LogP) is 7.71. The zero-order valence-corrected chi connectivity index (χ0v) is 27.0. The average molecular weight is 606 g/mol. The van der Waals surface area contributed by atoms with Gasteiger partial charge in [0.05, 0.1) is 10.7 Å². The van der Waals surface area contributed by atoms with Crippen molar-refractivity contribution in [3.8, 4) is 0 Å². The Kier molecular flexibility index (Phi) is 11.8. The molecule has 3 aromatic carbocycles. The van der Waals surface area contributed by atoms with Gasteiger partial charge in [0.25, 0.3) is 5.91 Å². The van der Waals surface area contributed by atoms with E-state index in [4.69, 9.17) is 16.3 Å². The number of ether oxygens (including phenoxy) is 1. The molecule has 0 aliphatic heterocycles. The van der Waals surface area contributed by atoms with Gasteiger partial charge < -0.3 is 20.3 Å². The molecular formula is C35H44ClN3O4. The highest BCUT2D eigenvalue weighted by molar-refractivity contribution is 6.34. The van der Waals surface area contributed by atoms with Crippen molar-refractivity contribution in [3.63, 3.8) is 0 Å². The number of carbonyl (C=O) groups is 3. The third-order valence-corrected chi connectivity index (χ3v) is 7.21. The van der Waals surface area contributed by atoms with Crippen LogP contribution in [0.25, 0.3) is 0 Å². The summed E-state index contributed by atoms with van der Waals surface area (Å²) in [6.45, 7) is 13.4. The fourth-order valence-corrected chi connectivity index (χ4v) is 5.29. The molecule has 3 rings (SSSR count). The van der Waals surface area contributed by atoms with Crippen LogP contribution in [-0.4, -0.2) is 41.0 Å². The van der Waals surface area contributed by atoms with Gasteiger partial charge in [0.2, 0.25) is 5.91 Å². The normalized spacial score (nSPS) is 12.7. The SMILES string of the molecule is CCCCN(C(=O)C(Cc1ccccc1)NC(=O)OC(C)(C)C)C(C(=O)Nc1c(C)cccc1Cl)c1cc(C)cc(C)c1. The van der Waals surface area contributed by atoms with Crippen molar-refractivity contribution in [2.45, 2.75) is 85.4 Å². The van der Waals surface area contributed by atoms with Crippen molar-refractivity contribution in [2.24, 2.45) is 0 Å². The number of nitrogens with zero attached hydrogens (tertiary/aromatic N) is 1. The molecule has 3 amide bonds. The Morgan fingerprint density at radius 3 is 2.16 bits per heavy atom. The van der Waals surface area contributed by atoms with Gasteiger partial charge in [0, 0.05) is 13.0 Å². The van der Waals surface area contributed by atoms with E-state index in [0.717, 1.165) is 28.7 Å². The molecule has 2 unspecified atom stereocenters. The Bertz CT molecular complexity index is 1380. The molecular weight excluding hydrogens is 562 g/mol. The second-order valence-corrected chi connectivity index (χ2v) is 12.4. The molecule has 0 saturated carbocycles. The molecule has 0 fully saturated rings. The topological polar surface area (TPSA) is 87.7 Å². The zero-order valence-electron chi connectivity index (χ0n) is 26.3. The summed E-state index contributed by atoms with van der Waals surface area (Å²) in [4.78, 5) is 43.4. The van der Waals surface area contributed by atoms with Gasteiger partial charge in [-0.3, -0.25) is 9.59 Å². The summed E-state index contributed by atoms with van der Waals surface area (Å²) in [6, 6.07) is 18.8. The number of unbranched alkanes of at least 4 members (excludes halogenated alkanes) is 1. The van der Waals surface area contributed by atoms with Gasteiger partial charge in [-0.05, 0) is 70.7 Å². The maximum Gasteiger partial charge on any atom is 0.408 e. The molecule has 8 heteroatoms. The minimum absolute atomic E-state index is 0.229. The van der Waals surface area contributed by atoms with Gasteiger partial charge in [-0.15, -0.1) is 0 Å². The highest BCUT2D eigenvalue weighted by Gasteiger charge is 2.36. The van der Waals surface area contributed by atoms with Crippen molar-refractivity contribution in [2.75, 3.05) is 11.9 Å². The summed E-state index contributed by atoms with van der Waals surface area (Å²) in [5, 5.41) is 6.23. The van der Waals surface area contributed by atoms with E-state index in [1.165, 1.54) is 0 Å². The Labute approximate surface area is 261 Å². The summed E-state index contributed by atoms with van der Waals surface area (Å²) in [5.74, 6) is -0.764. The first-order valence-electron chi connectivity index (χ1n) is 14.8. The molecule has 2 N–H and O–H groups in total. The second-order valence-electron chi connectivity index (χ2n) is 12.0.